The number of ether oxygens (including phenoxy) is 1. The van der Waals surface area contributed by atoms with E-state index in [1.54, 1.807) is 0 Å². The van der Waals surface area contributed by atoms with Crippen LogP contribution in [0.4, 0.5) is 5.69 Å². The molecule has 4 rings (SSSR count). The molecule has 2 fully saturated rings. The summed E-state index contributed by atoms with van der Waals surface area (Å²) in [6.07, 6.45) is 0.221. The Hall–Kier alpha value is -1.86. The van der Waals surface area contributed by atoms with E-state index in [1.165, 1.54) is 16.7 Å². The van der Waals surface area contributed by atoms with Crippen LogP contribution in [0.2, 0.25) is 5.02 Å². The number of morpholine rings is 1. The number of halogens is 1. The van der Waals surface area contributed by atoms with Crippen molar-refractivity contribution in [3.8, 4) is 0 Å². The number of hydrogen-bond acceptors (Lipinski definition) is 5. The second-order valence-corrected chi connectivity index (χ2v) is 8.01. The number of para-hydroxylation sites is 1. The second-order valence-electron chi connectivity index (χ2n) is 6.46. The van der Waals surface area contributed by atoms with Gasteiger partial charge in [0.25, 0.3) is 5.91 Å². The van der Waals surface area contributed by atoms with Gasteiger partial charge in [0.05, 0.1) is 31.4 Å². The zero-order valence-electron chi connectivity index (χ0n) is 14.6. The number of anilines is 1. The number of hydrogen-bond donors (Lipinski definition) is 0. The highest BCUT2D eigenvalue weighted by atomic mass is 35.5. The van der Waals surface area contributed by atoms with Crippen molar-refractivity contribution in [2.75, 3.05) is 31.2 Å². The van der Waals surface area contributed by atoms with Crippen LogP contribution >= 0.6 is 23.4 Å². The number of carbonyl (C=O) groups is 2. The number of carbonyl (C=O) groups excluding carboxylic acids is 2. The Morgan fingerprint density at radius 3 is 2.44 bits per heavy atom. The van der Waals surface area contributed by atoms with Crippen LogP contribution < -0.4 is 4.90 Å². The third-order valence-corrected chi connectivity index (χ3v) is 6.08. The summed E-state index contributed by atoms with van der Waals surface area (Å²) in [4.78, 5) is 31.0. The molecule has 2 aliphatic heterocycles. The van der Waals surface area contributed by atoms with Gasteiger partial charge >= 0.3 is 0 Å². The van der Waals surface area contributed by atoms with Crippen LogP contribution in [0.3, 0.4) is 0 Å². The molecule has 0 unspecified atom stereocenters. The van der Waals surface area contributed by atoms with Crippen LogP contribution in [0.25, 0.3) is 0 Å². The van der Waals surface area contributed by atoms with Gasteiger partial charge in [-0.05, 0) is 36.4 Å². The van der Waals surface area contributed by atoms with E-state index >= 15 is 0 Å². The molecule has 5 nitrogen and oxygen atoms in total. The third-order valence-electron chi connectivity index (χ3n) is 4.76. The minimum absolute atomic E-state index is 0.147. The van der Waals surface area contributed by atoms with Crippen molar-refractivity contribution in [1.29, 1.82) is 0 Å². The molecule has 2 heterocycles. The van der Waals surface area contributed by atoms with Gasteiger partial charge in [-0.2, -0.15) is 0 Å². The number of benzene rings is 2. The van der Waals surface area contributed by atoms with E-state index < -0.39 is 6.04 Å². The summed E-state index contributed by atoms with van der Waals surface area (Å²) >= 11 is 7.47. The predicted molar refractivity (Wildman–Crippen MR) is 105 cm³/mol. The summed E-state index contributed by atoms with van der Waals surface area (Å²) in [5, 5.41) is 0.672. The average molecular weight is 403 g/mol. The predicted octanol–water partition coefficient (Wildman–Crippen LogP) is 3.46. The van der Waals surface area contributed by atoms with Crippen LogP contribution in [0.15, 0.2) is 58.3 Å². The molecule has 0 aliphatic carbocycles. The lowest BCUT2D eigenvalue weighted by atomic mass is 10.2. The highest BCUT2D eigenvalue weighted by molar-refractivity contribution is 7.99. The molecule has 2 aromatic rings. The quantitative estimate of drug-likeness (QED) is 0.733. The Labute approximate surface area is 167 Å². The molecule has 0 aromatic heterocycles. The molecule has 0 N–H and O–H groups in total. The second kappa shape index (κ2) is 8.02. The molecule has 2 amide bonds. The lowest BCUT2D eigenvalue weighted by Gasteiger charge is -2.30. The van der Waals surface area contributed by atoms with Gasteiger partial charge in [0, 0.05) is 27.9 Å². The third kappa shape index (κ3) is 3.89. The lowest BCUT2D eigenvalue weighted by Crippen LogP contribution is -2.47. The highest BCUT2D eigenvalue weighted by Crippen LogP contribution is 2.38. The van der Waals surface area contributed by atoms with Crippen LogP contribution in [0.1, 0.15) is 6.42 Å². The Morgan fingerprint density at radius 2 is 1.70 bits per heavy atom. The van der Waals surface area contributed by atoms with Gasteiger partial charge in [-0.3, -0.25) is 14.5 Å². The van der Waals surface area contributed by atoms with Crippen molar-refractivity contribution in [2.45, 2.75) is 22.3 Å². The van der Waals surface area contributed by atoms with Gasteiger partial charge in [-0.1, -0.05) is 35.5 Å². The Bertz CT molecular complexity index is 853. The topological polar surface area (TPSA) is 49.9 Å². The SMILES string of the molecule is O=C1C[C@H](N2CCOCC2)C(=O)N1c1ccccc1Sc1ccc(Cl)cc1. The number of rotatable bonds is 4. The Kier molecular flexibility index (Phi) is 5.50. The monoisotopic (exact) mass is 402 g/mol. The molecule has 2 aliphatic rings. The summed E-state index contributed by atoms with van der Waals surface area (Å²) in [6, 6.07) is 14.6. The zero-order chi connectivity index (χ0) is 18.8. The van der Waals surface area contributed by atoms with Crippen molar-refractivity contribution < 1.29 is 14.3 Å². The molecule has 0 bridgehead atoms. The van der Waals surface area contributed by atoms with E-state index in [0.29, 0.717) is 37.0 Å². The van der Waals surface area contributed by atoms with Crippen molar-refractivity contribution in [3.63, 3.8) is 0 Å². The molecule has 2 saturated heterocycles. The minimum atomic E-state index is -0.394. The molecule has 140 valence electrons. The molecule has 1 atom stereocenters. The smallest absolute Gasteiger partial charge is 0.251 e. The zero-order valence-corrected chi connectivity index (χ0v) is 16.2. The number of amides is 2. The maximum atomic E-state index is 13.1. The summed E-state index contributed by atoms with van der Waals surface area (Å²) in [5.74, 6) is -0.299. The van der Waals surface area contributed by atoms with Crippen LogP contribution in [0.5, 0.6) is 0 Å². The highest BCUT2D eigenvalue weighted by Gasteiger charge is 2.43. The van der Waals surface area contributed by atoms with Crippen LogP contribution in [0, 0.1) is 0 Å². The maximum Gasteiger partial charge on any atom is 0.251 e. The largest absolute Gasteiger partial charge is 0.379 e. The van der Waals surface area contributed by atoms with Gasteiger partial charge in [0.2, 0.25) is 5.91 Å². The minimum Gasteiger partial charge on any atom is -0.379 e. The fraction of sp³-hybridized carbons (Fsp3) is 0.300. The summed E-state index contributed by atoms with van der Waals surface area (Å²) in [7, 11) is 0. The van der Waals surface area contributed by atoms with Gasteiger partial charge in [0.1, 0.15) is 0 Å². The van der Waals surface area contributed by atoms with E-state index in [1.807, 2.05) is 48.5 Å². The first-order valence-electron chi connectivity index (χ1n) is 8.84. The number of imide groups is 1. The van der Waals surface area contributed by atoms with E-state index in [-0.39, 0.29) is 18.2 Å². The maximum absolute atomic E-state index is 13.1. The molecule has 2 aromatic carbocycles. The van der Waals surface area contributed by atoms with Gasteiger partial charge < -0.3 is 4.74 Å². The summed E-state index contributed by atoms with van der Waals surface area (Å²) < 4.78 is 5.36. The molecular formula is C20H19ClN2O3S. The van der Waals surface area contributed by atoms with Crippen molar-refractivity contribution in [2.24, 2.45) is 0 Å². The van der Waals surface area contributed by atoms with Gasteiger partial charge in [-0.25, -0.2) is 4.90 Å². The summed E-state index contributed by atoms with van der Waals surface area (Å²) in [6.45, 7) is 2.55. The van der Waals surface area contributed by atoms with Crippen LogP contribution in [-0.4, -0.2) is 49.1 Å². The first-order chi connectivity index (χ1) is 13.1. The fourth-order valence-electron chi connectivity index (χ4n) is 3.40. The molecule has 0 radical (unpaired) electrons. The van der Waals surface area contributed by atoms with E-state index in [9.17, 15) is 9.59 Å². The average Bonchev–Trinajstić information content (AvgIpc) is 2.99. The lowest BCUT2D eigenvalue weighted by molar-refractivity contribution is -0.123. The molecular weight excluding hydrogens is 384 g/mol. The summed E-state index contributed by atoms with van der Waals surface area (Å²) in [5.41, 5.74) is 0.642. The first-order valence-corrected chi connectivity index (χ1v) is 10.0. The molecule has 0 spiro atoms. The van der Waals surface area contributed by atoms with Crippen molar-refractivity contribution >= 4 is 40.9 Å². The Morgan fingerprint density at radius 1 is 1.00 bits per heavy atom. The first kappa shape index (κ1) is 18.5. The fourth-order valence-corrected chi connectivity index (χ4v) is 4.46. The van der Waals surface area contributed by atoms with Gasteiger partial charge in [0.15, 0.2) is 0 Å². The van der Waals surface area contributed by atoms with E-state index in [4.69, 9.17) is 16.3 Å². The van der Waals surface area contributed by atoms with Crippen LogP contribution in [-0.2, 0) is 14.3 Å². The standard InChI is InChI=1S/C20H19ClN2O3S/c21-14-5-7-15(8-6-14)27-18-4-2-1-3-16(18)23-19(24)13-17(20(23)25)22-9-11-26-12-10-22/h1-8,17H,9-13H2/t17-/m0/s1. The van der Waals surface area contributed by atoms with E-state index in [0.717, 1.165) is 9.79 Å². The normalized spacial score (nSPS) is 21.1. The van der Waals surface area contributed by atoms with E-state index in [2.05, 4.69) is 4.90 Å². The molecule has 7 heteroatoms. The van der Waals surface area contributed by atoms with Crippen molar-refractivity contribution in [3.05, 3.63) is 53.6 Å². The van der Waals surface area contributed by atoms with Gasteiger partial charge in [-0.15, -0.1) is 0 Å². The Balaban J connectivity index is 1.60. The number of nitrogens with zero attached hydrogens (tertiary/aromatic N) is 2. The molecule has 0 saturated carbocycles. The van der Waals surface area contributed by atoms with Crippen molar-refractivity contribution in [1.82, 2.24) is 4.90 Å². The molecule has 27 heavy (non-hydrogen) atoms.